The van der Waals surface area contributed by atoms with Gasteiger partial charge in [-0.15, -0.1) is 24.0 Å². The average Bonchev–Trinajstić information content (AvgIpc) is 2.58. The first-order valence-electron chi connectivity index (χ1n) is 8.97. The monoisotopic (exact) mass is 462 g/mol. The molecule has 0 saturated carbocycles. The van der Waals surface area contributed by atoms with Gasteiger partial charge in [0.2, 0.25) is 0 Å². The van der Waals surface area contributed by atoms with Crippen molar-refractivity contribution in [1.29, 1.82) is 0 Å². The molecular weight excluding hydrogens is 427 g/mol. The standard InChI is InChI=1S/C19H34N4O.HI/c1-5-20-19(21-13-10-14-24-6-2)22-16-18(23(3)4)15-17-11-8-7-9-12-17;/h7-9,11-12,18H,5-6,10,13-16H2,1-4H3,(H2,20,21,22);1H. The third-order valence-electron chi connectivity index (χ3n) is 3.81. The lowest BCUT2D eigenvalue weighted by atomic mass is 10.1. The molecule has 0 amide bonds. The van der Waals surface area contributed by atoms with E-state index in [1.807, 2.05) is 6.92 Å². The van der Waals surface area contributed by atoms with Gasteiger partial charge < -0.3 is 20.3 Å². The third-order valence-corrected chi connectivity index (χ3v) is 3.81. The molecule has 25 heavy (non-hydrogen) atoms. The zero-order valence-electron chi connectivity index (χ0n) is 16.1. The lowest BCUT2D eigenvalue weighted by Gasteiger charge is -2.23. The van der Waals surface area contributed by atoms with Gasteiger partial charge in [-0.05, 0) is 46.3 Å². The molecule has 0 aliphatic rings. The number of ether oxygens (including phenoxy) is 1. The van der Waals surface area contributed by atoms with Crippen LogP contribution in [0.4, 0.5) is 0 Å². The highest BCUT2D eigenvalue weighted by Crippen LogP contribution is 2.07. The van der Waals surface area contributed by atoms with Crippen LogP contribution in [0.5, 0.6) is 0 Å². The van der Waals surface area contributed by atoms with E-state index in [0.717, 1.165) is 51.6 Å². The molecule has 0 radical (unpaired) electrons. The van der Waals surface area contributed by atoms with Crippen LogP contribution in [0.3, 0.4) is 0 Å². The van der Waals surface area contributed by atoms with Crippen LogP contribution in [-0.2, 0) is 11.2 Å². The minimum absolute atomic E-state index is 0. The van der Waals surface area contributed by atoms with Crippen LogP contribution in [0.25, 0.3) is 0 Å². The summed E-state index contributed by atoms with van der Waals surface area (Å²) in [5, 5.41) is 6.69. The topological polar surface area (TPSA) is 48.9 Å². The molecule has 5 nitrogen and oxygen atoms in total. The Kier molecular flexibility index (Phi) is 14.9. The lowest BCUT2D eigenvalue weighted by Crippen LogP contribution is -2.40. The number of aliphatic imine (C=N–C) groups is 1. The number of halogens is 1. The number of rotatable bonds is 11. The summed E-state index contributed by atoms with van der Waals surface area (Å²) < 4.78 is 5.36. The van der Waals surface area contributed by atoms with Gasteiger partial charge in [-0.25, -0.2) is 0 Å². The fourth-order valence-corrected chi connectivity index (χ4v) is 2.36. The molecule has 0 aromatic heterocycles. The minimum Gasteiger partial charge on any atom is -0.382 e. The van der Waals surface area contributed by atoms with Crippen LogP contribution >= 0.6 is 24.0 Å². The summed E-state index contributed by atoms with van der Waals surface area (Å²) in [6, 6.07) is 11.0. The smallest absolute Gasteiger partial charge is 0.191 e. The maximum atomic E-state index is 5.36. The summed E-state index contributed by atoms with van der Waals surface area (Å²) in [4.78, 5) is 7.01. The molecule has 1 aromatic rings. The summed E-state index contributed by atoms with van der Waals surface area (Å²) >= 11 is 0. The molecule has 2 N–H and O–H groups in total. The van der Waals surface area contributed by atoms with Crippen molar-refractivity contribution < 1.29 is 4.74 Å². The van der Waals surface area contributed by atoms with Crippen LogP contribution < -0.4 is 10.6 Å². The van der Waals surface area contributed by atoms with E-state index in [9.17, 15) is 0 Å². The molecule has 0 bridgehead atoms. The Morgan fingerprint density at radius 2 is 1.88 bits per heavy atom. The second-order valence-electron chi connectivity index (χ2n) is 6.00. The van der Waals surface area contributed by atoms with Gasteiger partial charge in [0.25, 0.3) is 0 Å². The number of nitrogens with zero attached hydrogens (tertiary/aromatic N) is 2. The van der Waals surface area contributed by atoms with Gasteiger partial charge in [-0.1, -0.05) is 30.3 Å². The molecular formula is C19H35IN4O. The van der Waals surface area contributed by atoms with E-state index in [1.54, 1.807) is 0 Å². The minimum atomic E-state index is 0. The third kappa shape index (κ3) is 11.4. The first kappa shape index (κ1) is 24.1. The zero-order chi connectivity index (χ0) is 17.6. The van der Waals surface area contributed by atoms with E-state index >= 15 is 0 Å². The Morgan fingerprint density at radius 3 is 2.48 bits per heavy atom. The second-order valence-corrected chi connectivity index (χ2v) is 6.00. The highest BCUT2D eigenvalue weighted by molar-refractivity contribution is 14.0. The first-order valence-corrected chi connectivity index (χ1v) is 8.97. The molecule has 0 saturated heterocycles. The zero-order valence-corrected chi connectivity index (χ0v) is 18.5. The molecule has 6 heteroatoms. The molecule has 144 valence electrons. The highest BCUT2D eigenvalue weighted by atomic mass is 127. The van der Waals surface area contributed by atoms with Gasteiger partial charge >= 0.3 is 0 Å². The Balaban J connectivity index is 0.00000576. The molecule has 0 fully saturated rings. The number of hydrogen-bond donors (Lipinski definition) is 2. The number of guanidine groups is 1. The van der Waals surface area contributed by atoms with Gasteiger partial charge in [-0.3, -0.25) is 4.99 Å². The quantitative estimate of drug-likeness (QED) is 0.230. The number of likely N-dealkylation sites (N-methyl/N-ethyl adjacent to an activating group) is 1. The van der Waals surface area contributed by atoms with Crippen molar-refractivity contribution in [3.63, 3.8) is 0 Å². The Bertz CT molecular complexity index is 454. The highest BCUT2D eigenvalue weighted by Gasteiger charge is 2.12. The van der Waals surface area contributed by atoms with Crippen molar-refractivity contribution in [2.75, 3.05) is 46.9 Å². The Labute approximate surface area is 170 Å². The fraction of sp³-hybridized carbons (Fsp3) is 0.632. The largest absolute Gasteiger partial charge is 0.382 e. The van der Waals surface area contributed by atoms with Gasteiger partial charge in [0.15, 0.2) is 5.96 Å². The van der Waals surface area contributed by atoms with Gasteiger partial charge in [-0.2, -0.15) is 0 Å². The van der Waals surface area contributed by atoms with Crippen molar-refractivity contribution in [1.82, 2.24) is 15.5 Å². The molecule has 0 spiro atoms. The van der Waals surface area contributed by atoms with Crippen LogP contribution in [0.1, 0.15) is 25.8 Å². The molecule has 0 aliphatic heterocycles. The van der Waals surface area contributed by atoms with Crippen molar-refractivity contribution >= 4 is 29.9 Å². The van der Waals surface area contributed by atoms with Crippen LogP contribution in [-0.4, -0.2) is 63.8 Å². The molecule has 0 heterocycles. The SMILES string of the molecule is CCNC(=NCC(Cc1ccccc1)N(C)C)NCCCOCC.I. The van der Waals surface area contributed by atoms with E-state index in [0.29, 0.717) is 6.04 Å². The Morgan fingerprint density at radius 1 is 1.16 bits per heavy atom. The van der Waals surface area contributed by atoms with E-state index in [1.165, 1.54) is 5.56 Å². The van der Waals surface area contributed by atoms with Gasteiger partial charge in [0.05, 0.1) is 6.54 Å². The normalized spacial score (nSPS) is 12.6. The summed E-state index contributed by atoms with van der Waals surface area (Å²) in [6.45, 7) is 8.18. The molecule has 1 unspecified atom stereocenters. The lowest BCUT2D eigenvalue weighted by molar-refractivity contribution is 0.145. The fourth-order valence-electron chi connectivity index (χ4n) is 2.36. The van der Waals surface area contributed by atoms with Crippen molar-refractivity contribution in [3.8, 4) is 0 Å². The molecule has 0 aliphatic carbocycles. The summed E-state index contributed by atoms with van der Waals surface area (Å²) in [5.74, 6) is 0.883. The van der Waals surface area contributed by atoms with Crippen molar-refractivity contribution in [2.45, 2.75) is 32.7 Å². The molecule has 1 aromatic carbocycles. The maximum Gasteiger partial charge on any atom is 0.191 e. The van der Waals surface area contributed by atoms with E-state index in [2.05, 4.69) is 66.9 Å². The predicted octanol–water partition coefficient (Wildman–Crippen LogP) is 2.76. The van der Waals surface area contributed by atoms with Gasteiger partial charge in [0.1, 0.15) is 0 Å². The van der Waals surface area contributed by atoms with E-state index in [4.69, 9.17) is 9.73 Å². The molecule has 1 rings (SSSR count). The number of benzene rings is 1. The predicted molar refractivity (Wildman–Crippen MR) is 118 cm³/mol. The van der Waals surface area contributed by atoms with Crippen LogP contribution in [0.15, 0.2) is 35.3 Å². The summed E-state index contributed by atoms with van der Waals surface area (Å²) in [7, 11) is 4.23. The van der Waals surface area contributed by atoms with Gasteiger partial charge in [0, 0.05) is 32.3 Å². The number of nitrogens with one attached hydrogen (secondary N) is 2. The first-order chi connectivity index (χ1) is 11.7. The van der Waals surface area contributed by atoms with E-state index < -0.39 is 0 Å². The number of hydrogen-bond acceptors (Lipinski definition) is 3. The summed E-state index contributed by atoms with van der Waals surface area (Å²) in [5.41, 5.74) is 1.35. The Hall–Kier alpha value is -0.860. The van der Waals surface area contributed by atoms with E-state index in [-0.39, 0.29) is 24.0 Å². The maximum absolute atomic E-state index is 5.36. The summed E-state index contributed by atoms with van der Waals surface area (Å²) in [6.07, 6.45) is 1.99. The average molecular weight is 462 g/mol. The van der Waals surface area contributed by atoms with Crippen molar-refractivity contribution in [3.05, 3.63) is 35.9 Å². The van der Waals surface area contributed by atoms with Crippen LogP contribution in [0.2, 0.25) is 0 Å². The molecule has 1 atom stereocenters. The second kappa shape index (κ2) is 15.4. The van der Waals surface area contributed by atoms with Crippen molar-refractivity contribution in [2.24, 2.45) is 4.99 Å². The van der Waals surface area contributed by atoms with Crippen LogP contribution in [0, 0.1) is 0 Å².